The molecule has 3 aromatic rings. The molecule has 0 unspecified atom stereocenters. The summed E-state index contributed by atoms with van der Waals surface area (Å²) in [4.78, 5) is 20.4. The molecule has 3 rings (SSSR count). The van der Waals surface area contributed by atoms with E-state index in [1.165, 1.54) is 6.08 Å². The predicted octanol–water partition coefficient (Wildman–Crippen LogP) is 3.92. The summed E-state index contributed by atoms with van der Waals surface area (Å²) in [6, 6.07) is 14.6. The molecular formula is C19H15ClN2O3. The molecule has 25 heavy (non-hydrogen) atoms. The fraction of sp³-hybridized carbons (Fsp3) is 0.105. The lowest BCUT2D eigenvalue weighted by Crippen LogP contribution is -2.10. The Labute approximate surface area is 149 Å². The fourth-order valence-corrected chi connectivity index (χ4v) is 2.30. The molecule has 0 bridgehead atoms. The van der Waals surface area contributed by atoms with E-state index in [1.54, 1.807) is 24.4 Å². The van der Waals surface area contributed by atoms with E-state index in [2.05, 4.69) is 9.97 Å². The quantitative estimate of drug-likeness (QED) is 0.381. The third-order valence-electron chi connectivity index (χ3n) is 3.28. The first kappa shape index (κ1) is 16.9. The normalized spacial score (nSPS) is 10.9. The summed E-state index contributed by atoms with van der Waals surface area (Å²) >= 11 is 5.97. The van der Waals surface area contributed by atoms with Crippen LogP contribution in [0, 0.1) is 0 Å². The SMILES string of the molecule is O=C(/C=C/c1cnc2ccccc2n1)OCCOc1ccccc1Cl. The van der Waals surface area contributed by atoms with Crippen LogP contribution >= 0.6 is 11.6 Å². The van der Waals surface area contributed by atoms with Crippen LogP contribution in [0.5, 0.6) is 5.75 Å². The van der Waals surface area contributed by atoms with Crippen molar-refractivity contribution in [2.24, 2.45) is 0 Å². The van der Waals surface area contributed by atoms with Gasteiger partial charge < -0.3 is 9.47 Å². The van der Waals surface area contributed by atoms with Gasteiger partial charge in [-0.15, -0.1) is 0 Å². The number of esters is 1. The highest BCUT2D eigenvalue weighted by Gasteiger charge is 2.02. The molecule has 0 aliphatic carbocycles. The standard InChI is InChI=1S/C19H15ClN2O3/c20-15-5-1-4-8-18(15)24-11-12-25-19(23)10-9-14-13-21-16-6-2-3-7-17(16)22-14/h1-10,13H,11-12H2/b10-9+. The van der Waals surface area contributed by atoms with Gasteiger partial charge in [-0.2, -0.15) is 0 Å². The van der Waals surface area contributed by atoms with Crippen LogP contribution in [0.3, 0.4) is 0 Å². The van der Waals surface area contributed by atoms with Gasteiger partial charge in [-0.25, -0.2) is 9.78 Å². The minimum atomic E-state index is -0.474. The van der Waals surface area contributed by atoms with Crippen molar-refractivity contribution >= 4 is 34.7 Å². The molecule has 0 spiro atoms. The number of aromatic nitrogens is 2. The number of fused-ring (bicyclic) bond motifs is 1. The number of benzene rings is 2. The van der Waals surface area contributed by atoms with Gasteiger partial charge in [0, 0.05) is 6.08 Å². The van der Waals surface area contributed by atoms with Crippen molar-refractivity contribution in [1.29, 1.82) is 0 Å². The first-order valence-corrected chi connectivity index (χ1v) is 8.04. The number of halogens is 1. The average Bonchev–Trinajstić information content (AvgIpc) is 2.64. The largest absolute Gasteiger partial charge is 0.488 e. The van der Waals surface area contributed by atoms with Gasteiger partial charge in [-0.05, 0) is 30.3 Å². The van der Waals surface area contributed by atoms with E-state index in [9.17, 15) is 4.79 Å². The lowest BCUT2D eigenvalue weighted by Gasteiger charge is -2.07. The number of nitrogens with zero attached hydrogens (tertiary/aromatic N) is 2. The lowest BCUT2D eigenvalue weighted by molar-refractivity contribution is -0.138. The van der Waals surface area contributed by atoms with Gasteiger partial charge in [0.15, 0.2) is 0 Å². The zero-order chi connectivity index (χ0) is 17.5. The van der Waals surface area contributed by atoms with Crippen LogP contribution < -0.4 is 4.74 Å². The maximum absolute atomic E-state index is 11.7. The van der Waals surface area contributed by atoms with Crippen LogP contribution in [0.15, 0.2) is 60.8 Å². The molecule has 1 aromatic heterocycles. The van der Waals surface area contributed by atoms with Crippen LogP contribution in [0.25, 0.3) is 17.1 Å². The minimum Gasteiger partial charge on any atom is -0.488 e. The second-order valence-corrected chi connectivity index (χ2v) is 5.47. The Morgan fingerprint density at radius 2 is 1.80 bits per heavy atom. The second-order valence-electron chi connectivity index (χ2n) is 5.06. The molecule has 0 saturated carbocycles. The van der Waals surface area contributed by atoms with E-state index >= 15 is 0 Å². The monoisotopic (exact) mass is 354 g/mol. The number of hydrogen-bond donors (Lipinski definition) is 0. The van der Waals surface area contributed by atoms with Crippen LogP contribution in [0.1, 0.15) is 5.69 Å². The summed E-state index contributed by atoms with van der Waals surface area (Å²) in [7, 11) is 0. The molecule has 126 valence electrons. The topological polar surface area (TPSA) is 61.3 Å². The zero-order valence-electron chi connectivity index (χ0n) is 13.3. The molecule has 0 amide bonds. The highest BCUT2D eigenvalue weighted by atomic mass is 35.5. The Bertz CT molecular complexity index is 912. The van der Waals surface area contributed by atoms with E-state index in [-0.39, 0.29) is 13.2 Å². The Morgan fingerprint density at radius 1 is 1.04 bits per heavy atom. The number of hydrogen-bond acceptors (Lipinski definition) is 5. The summed E-state index contributed by atoms with van der Waals surface area (Å²) in [5, 5.41) is 0.517. The Hall–Kier alpha value is -2.92. The molecule has 0 aliphatic rings. The Kier molecular flexibility index (Phi) is 5.59. The van der Waals surface area contributed by atoms with Gasteiger partial charge in [0.1, 0.15) is 19.0 Å². The number of ether oxygens (including phenoxy) is 2. The minimum absolute atomic E-state index is 0.123. The van der Waals surface area contributed by atoms with Crippen molar-refractivity contribution in [3.63, 3.8) is 0 Å². The maximum Gasteiger partial charge on any atom is 0.330 e. The number of para-hydroxylation sites is 3. The third kappa shape index (κ3) is 4.78. The molecular weight excluding hydrogens is 340 g/mol. The van der Waals surface area contributed by atoms with Gasteiger partial charge >= 0.3 is 5.97 Å². The summed E-state index contributed by atoms with van der Waals surface area (Å²) in [5.74, 6) is 0.0833. The number of rotatable bonds is 6. The molecule has 1 heterocycles. The molecule has 6 heteroatoms. The Balaban J connectivity index is 1.48. The van der Waals surface area contributed by atoms with Crippen molar-refractivity contribution in [1.82, 2.24) is 9.97 Å². The van der Waals surface area contributed by atoms with E-state index in [1.807, 2.05) is 36.4 Å². The molecule has 0 N–H and O–H groups in total. The zero-order valence-corrected chi connectivity index (χ0v) is 14.0. The van der Waals surface area contributed by atoms with Gasteiger partial charge in [-0.1, -0.05) is 35.9 Å². The van der Waals surface area contributed by atoms with Gasteiger partial charge in [-0.3, -0.25) is 4.98 Å². The van der Waals surface area contributed by atoms with Crippen LogP contribution in [0.4, 0.5) is 0 Å². The highest BCUT2D eigenvalue weighted by molar-refractivity contribution is 6.32. The highest BCUT2D eigenvalue weighted by Crippen LogP contribution is 2.22. The summed E-state index contributed by atoms with van der Waals surface area (Å²) in [5.41, 5.74) is 2.16. The Morgan fingerprint density at radius 3 is 2.64 bits per heavy atom. The first-order valence-electron chi connectivity index (χ1n) is 7.66. The fourth-order valence-electron chi connectivity index (χ4n) is 2.11. The van der Waals surface area contributed by atoms with Crippen LogP contribution in [-0.2, 0) is 9.53 Å². The first-order chi connectivity index (χ1) is 12.2. The summed E-state index contributed by atoms with van der Waals surface area (Å²) in [6.45, 7) is 0.344. The van der Waals surface area contributed by atoms with E-state index < -0.39 is 5.97 Å². The molecule has 0 aliphatic heterocycles. The molecule has 0 atom stereocenters. The van der Waals surface area contributed by atoms with Crippen molar-refractivity contribution in [3.05, 3.63) is 71.5 Å². The van der Waals surface area contributed by atoms with Crippen molar-refractivity contribution in [3.8, 4) is 5.75 Å². The smallest absolute Gasteiger partial charge is 0.330 e. The lowest BCUT2D eigenvalue weighted by atomic mass is 10.3. The van der Waals surface area contributed by atoms with Gasteiger partial charge in [0.25, 0.3) is 0 Å². The molecule has 0 saturated heterocycles. The van der Waals surface area contributed by atoms with E-state index in [0.717, 1.165) is 11.0 Å². The second kappa shape index (κ2) is 8.26. The van der Waals surface area contributed by atoms with E-state index in [0.29, 0.717) is 16.5 Å². The number of carbonyl (C=O) groups is 1. The van der Waals surface area contributed by atoms with Gasteiger partial charge in [0.05, 0.1) is 27.9 Å². The van der Waals surface area contributed by atoms with Gasteiger partial charge in [0.2, 0.25) is 0 Å². The van der Waals surface area contributed by atoms with Crippen molar-refractivity contribution in [2.75, 3.05) is 13.2 Å². The van der Waals surface area contributed by atoms with Crippen molar-refractivity contribution < 1.29 is 14.3 Å². The van der Waals surface area contributed by atoms with Crippen LogP contribution in [0.2, 0.25) is 5.02 Å². The molecule has 0 fully saturated rings. The van der Waals surface area contributed by atoms with E-state index in [4.69, 9.17) is 21.1 Å². The van der Waals surface area contributed by atoms with Crippen LogP contribution in [-0.4, -0.2) is 29.2 Å². The maximum atomic E-state index is 11.7. The third-order valence-corrected chi connectivity index (χ3v) is 3.59. The number of carbonyl (C=O) groups excluding carboxylic acids is 1. The molecule has 2 aromatic carbocycles. The average molecular weight is 355 g/mol. The van der Waals surface area contributed by atoms with Crippen molar-refractivity contribution in [2.45, 2.75) is 0 Å². The molecule has 0 radical (unpaired) electrons. The summed E-state index contributed by atoms with van der Waals surface area (Å²) < 4.78 is 10.5. The predicted molar refractivity (Wildman–Crippen MR) is 96.5 cm³/mol. The molecule has 5 nitrogen and oxygen atoms in total. The summed E-state index contributed by atoms with van der Waals surface area (Å²) in [6.07, 6.45) is 4.48.